The van der Waals surface area contributed by atoms with Crippen LogP contribution in [0.2, 0.25) is 0 Å². The van der Waals surface area contributed by atoms with Crippen LogP contribution in [0.4, 0.5) is 13.2 Å². The van der Waals surface area contributed by atoms with Crippen molar-refractivity contribution in [1.82, 2.24) is 10.6 Å². The van der Waals surface area contributed by atoms with Gasteiger partial charge in [-0.25, -0.2) is 0 Å². The minimum Gasteiger partial charge on any atom is -0.352 e. The third kappa shape index (κ3) is 2.35. The molecular formula is C12H19F3N2O. The van der Waals surface area contributed by atoms with Gasteiger partial charge in [-0.1, -0.05) is 13.3 Å². The average Bonchev–Trinajstić information content (AvgIpc) is 2.82. The fourth-order valence-electron chi connectivity index (χ4n) is 2.68. The van der Waals surface area contributed by atoms with Gasteiger partial charge < -0.3 is 10.6 Å². The number of alkyl halides is 3. The molecule has 1 saturated carbocycles. The third-order valence-corrected chi connectivity index (χ3v) is 4.03. The fraction of sp³-hybridized carbons (Fsp3) is 0.917. The molecule has 0 aromatic carbocycles. The van der Waals surface area contributed by atoms with Crippen LogP contribution in [0, 0.1) is 11.3 Å². The first kappa shape index (κ1) is 13.6. The summed E-state index contributed by atoms with van der Waals surface area (Å²) in [5, 5.41) is 5.23. The van der Waals surface area contributed by atoms with Gasteiger partial charge >= 0.3 is 6.18 Å². The molecule has 3 unspecified atom stereocenters. The summed E-state index contributed by atoms with van der Waals surface area (Å²) >= 11 is 0. The highest BCUT2D eigenvalue weighted by Gasteiger charge is 2.62. The molecule has 0 aromatic heterocycles. The lowest BCUT2D eigenvalue weighted by Crippen LogP contribution is -2.52. The first-order valence-corrected chi connectivity index (χ1v) is 6.49. The minimum absolute atomic E-state index is 0.0442. The van der Waals surface area contributed by atoms with E-state index in [1.165, 1.54) is 0 Å². The van der Waals surface area contributed by atoms with Crippen molar-refractivity contribution in [2.45, 2.75) is 44.8 Å². The second kappa shape index (κ2) is 4.72. The Morgan fingerprint density at radius 2 is 2.22 bits per heavy atom. The maximum Gasteiger partial charge on any atom is 0.404 e. The molecule has 3 nitrogen and oxygen atoms in total. The molecule has 0 aromatic rings. The van der Waals surface area contributed by atoms with Gasteiger partial charge in [0.15, 0.2) is 5.41 Å². The predicted molar refractivity (Wildman–Crippen MR) is 60.9 cm³/mol. The van der Waals surface area contributed by atoms with E-state index in [9.17, 15) is 18.0 Å². The number of carbonyl (C=O) groups excluding carboxylic acids is 1. The van der Waals surface area contributed by atoms with Crippen LogP contribution >= 0.6 is 0 Å². The summed E-state index contributed by atoms with van der Waals surface area (Å²) < 4.78 is 39.2. The normalized spacial score (nSPS) is 35.6. The summed E-state index contributed by atoms with van der Waals surface area (Å²) in [7, 11) is 0. The Morgan fingerprint density at radius 3 is 2.72 bits per heavy atom. The van der Waals surface area contributed by atoms with Gasteiger partial charge in [0.2, 0.25) is 5.91 Å². The molecule has 3 atom stereocenters. The summed E-state index contributed by atoms with van der Waals surface area (Å²) in [5.74, 6) is -0.470. The quantitative estimate of drug-likeness (QED) is 0.813. The van der Waals surface area contributed by atoms with E-state index in [2.05, 4.69) is 10.6 Å². The number of halogens is 3. The van der Waals surface area contributed by atoms with E-state index in [1.54, 1.807) is 0 Å². The van der Waals surface area contributed by atoms with Gasteiger partial charge in [0.1, 0.15) is 0 Å². The number of rotatable bonds is 4. The van der Waals surface area contributed by atoms with Crippen LogP contribution in [0.3, 0.4) is 0 Å². The van der Waals surface area contributed by atoms with Crippen LogP contribution in [0.5, 0.6) is 0 Å². The maximum atomic E-state index is 13.1. The van der Waals surface area contributed by atoms with Crippen LogP contribution < -0.4 is 10.6 Å². The highest BCUT2D eigenvalue weighted by molar-refractivity contribution is 5.84. The number of nitrogens with one attached hydrogen (secondary N) is 2. The molecule has 0 bridgehead atoms. The molecule has 1 aliphatic carbocycles. The molecule has 2 rings (SSSR count). The first-order valence-electron chi connectivity index (χ1n) is 6.49. The summed E-state index contributed by atoms with van der Waals surface area (Å²) in [4.78, 5) is 11.9. The first-order chi connectivity index (χ1) is 8.40. The lowest BCUT2D eigenvalue weighted by Gasteiger charge is -2.29. The van der Waals surface area contributed by atoms with Gasteiger partial charge in [0.25, 0.3) is 0 Å². The number of amides is 1. The Morgan fingerprint density at radius 1 is 1.50 bits per heavy atom. The molecule has 1 aliphatic heterocycles. The molecule has 1 amide bonds. The van der Waals surface area contributed by atoms with Crippen LogP contribution in [0.1, 0.15) is 32.6 Å². The van der Waals surface area contributed by atoms with E-state index in [1.807, 2.05) is 6.92 Å². The topological polar surface area (TPSA) is 41.1 Å². The third-order valence-electron chi connectivity index (χ3n) is 4.03. The Labute approximate surface area is 104 Å². The lowest BCUT2D eigenvalue weighted by atomic mass is 9.85. The summed E-state index contributed by atoms with van der Waals surface area (Å²) in [5.41, 5.74) is -2.22. The molecule has 1 saturated heterocycles. The molecule has 0 spiro atoms. The number of hydrogen-bond donors (Lipinski definition) is 2. The molecule has 1 heterocycles. The number of hydrogen-bond acceptors (Lipinski definition) is 2. The Hall–Kier alpha value is -0.780. The fourth-order valence-corrected chi connectivity index (χ4v) is 2.68. The zero-order valence-corrected chi connectivity index (χ0v) is 10.4. The van der Waals surface area contributed by atoms with Crippen LogP contribution in [0.25, 0.3) is 0 Å². The lowest BCUT2D eigenvalue weighted by molar-refractivity contribution is -0.216. The van der Waals surface area contributed by atoms with Crippen molar-refractivity contribution in [3.63, 3.8) is 0 Å². The maximum absolute atomic E-state index is 13.1. The molecular weight excluding hydrogens is 245 g/mol. The highest BCUT2D eigenvalue weighted by Crippen LogP contribution is 2.44. The van der Waals surface area contributed by atoms with Crippen molar-refractivity contribution in [2.75, 3.05) is 13.1 Å². The largest absolute Gasteiger partial charge is 0.404 e. The van der Waals surface area contributed by atoms with Crippen molar-refractivity contribution in [3.05, 3.63) is 0 Å². The average molecular weight is 264 g/mol. The van der Waals surface area contributed by atoms with E-state index < -0.39 is 17.5 Å². The van der Waals surface area contributed by atoms with Gasteiger partial charge in [0, 0.05) is 12.6 Å². The molecule has 18 heavy (non-hydrogen) atoms. The van der Waals surface area contributed by atoms with Gasteiger partial charge in [-0.2, -0.15) is 13.2 Å². The van der Waals surface area contributed by atoms with E-state index in [-0.39, 0.29) is 25.6 Å². The molecule has 2 fully saturated rings. The SMILES string of the molecule is CCCC1CC1NC(=O)C1(C(F)(F)F)CCNC1. The monoisotopic (exact) mass is 264 g/mol. The minimum atomic E-state index is -4.48. The second-order valence-corrected chi connectivity index (χ2v) is 5.37. The zero-order valence-electron chi connectivity index (χ0n) is 10.4. The van der Waals surface area contributed by atoms with Crippen molar-refractivity contribution < 1.29 is 18.0 Å². The second-order valence-electron chi connectivity index (χ2n) is 5.37. The van der Waals surface area contributed by atoms with Crippen LogP contribution in [-0.2, 0) is 4.79 Å². The van der Waals surface area contributed by atoms with Crippen molar-refractivity contribution in [3.8, 4) is 0 Å². The standard InChI is InChI=1S/C12H19F3N2O/c1-2-3-8-6-9(8)17-10(18)11(12(13,14)15)4-5-16-7-11/h8-9,16H,2-7H2,1H3,(H,17,18). The smallest absolute Gasteiger partial charge is 0.352 e. The van der Waals surface area contributed by atoms with E-state index in [0.29, 0.717) is 5.92 Å². The van der Waals surface area contributed by atoms with Gasteiger partial charge in [0.05, 0.1) is 0 Å². The predicted octanol–water partition coefficient (Wildman–Crippen LogP) is 1.83. The van der Waals surface area contributed by atoms with Crippen molar-refractivity contribution >= 4 is 5.91 Å². The Bertz CT molecular complexity index is 324. The summed E-state index contributed by atoms with van der Waals surface area (Å²) in [6.45, 7) is 1.98. The molecule has 6 heteroatoms. The van der Waals surface area contributed by atoms with E-state index >= 15 is 0 Å². The van der Waals surface area contributed by atoms with Crippen LogP contribution in [-0.4, -0.2) is 31.2 Å². The van der Waals surface area contributed by atoms with E-state index in [0.717, 1.165) is 19.3 Å². The van der Waals surface area contributed by atoms with Crippen molar-refractivity contribution in [2.24, 2.45) is 11.3 Å². The number of carbonyl (C=O) groups is 1. The molecule has 0 radical (unpaired) electrons. The Kier molecular flexibility index (Phi) is 3.58. The molecule has 2 aliphatic rings. The summed E-state index contributed by atoms with van der Waals surface area (Å²) in [6, 6.07) is -0.0442. The molecule has 104 valence electrons. The molecule has 2 N–H and O–H groups in total. The van der Waals surface area contributed by atoms with Gasteiger partial charge in [-0.05, 0) is 31.7 Å². The highest BCUT2D eigenvalue weighted by atomic mass is 19.4. The summed E-state index contributed by atoms with van der Waals surface area (Å²) in [6.07, 6.45) is -1.84. The zero-order chi connectivity index (χ0) is 13.4. The van der Waals surface area contributed by atoms with Gasteiger partial charge in [-0.15, -0.1) is 0 Å². The van der Waals surface area contributed by atoms with Crippen LogP contribution in [0.15, 0.2) is 0 Å². The Balaban J connectivity index is 1.98. The van der Waals surface area contributed by atoms with Crippen molar-refractivity contribution in [1.29, 1.82) is 0 Å². The van der Waals surface area contributed by atoms with E-state index in [4.69, 9.17) is 0 Å². The van der Waals surface area contributed by atoms with Gasteiger partial charge in [-0.3, -0.25) is 4.79 Å².